The highest BCUT2D eigenvalue weighted by Gasteiger charge is 2.52. The average Bonchev–Trinajstić information content (AvgIpc) is 3.72. The molecule has 284 valence electrons. The predicted molar refractivity (Wildman–Crippen MR) is 250 cm³/mol. The number of hydrogen-bond acceptors (Lipinski definition) is 2. The smallest absolute Gasteiger partial charge is 0.0755 e. The zero-order valence-corrected chi connectivity index (χ0v) is 33.7. The van der Waals surface area contributed by atoms with Gasteiger partial charge in [0, 0.05) is 28.2 Å². The van der Waals surface area contributed by atoms with Gasteiger partial charge in [0.15, 0.2) is 0 Å². The molecular formula is C58H42N2. The Morgan fingerprint density at radius 3 is 1.45 bits per heavy atom. The van der Waals surface area contributed by atoms with E-state index in [4.69, 9.17) is 0 Å². The number of benzene rings is 9. The maximum atomic E-state index is 2.49. The van der Waals surface area contributed by atoms with E-state index >= 15 is 0 Å². The van der Waals surface area contributed by atoms with Gasteiger partial charge in [-0.1, -0.05) is 166 Å². The van der Waals surface area contributed by atoms with Crippen molar-refractivity contribution in [2.45, 2.75) is 24.7 Å². The molecule has 9 aromatic carbocycles. The number of hydrogen-bond donors (Lipinski definition) is 0. The van der Waals surface area contributed by atoms with Crippen LogP contribution in [-0.2, 0) is 10.8 Å². The van der Waals surface area contributed by atoms with Gasteiger partial charge in [0.25, 0.3) is 0 Å². The normalized spacial score (nSPS) is 14.4. The zero-order valence-electron chi connectivity index (χ0n) is 33.7. The van der Waals surface area contributed by atoms with Crippen LogP contribution in [0.25, 0.3) is 33.4 Å². The first-order chi connectivity index (χ1) is 29.5. The van der Waals surface area contributed by atoms with Crippen molar-refractivity contribution in [2.24, 2.45) is 0 Å². The molecule has 0 bridgehead atoms. The topological polar surface area (TPSA) is 6.48 Å². The molecular weight excluding hydrogens is 725 g/mol. The molecule has 60 heavy (non-hydrogen) atoms. The summed E-state index contributed by atoms with van der Waals surface area (Å²) >= 11 is 0. The quantitative estimate of drug-likeness (QED) is 0.172. The molecule has 0 aromatic heterocycles. The van der Waals surface area contributed by atoms with Crippen LogP contribution in [0.15, 0.2) is 218 Å². The fourth-order valence-electron chi connectivity index (χ4n) is 10.8. The molecule has 0 saturated heterocycles. The Kier molecular flexibility index (Phi) is 7.52. The minimum absolute atomic E-state index is 0.183. The van der Waals surface area contributed by atoms with Gasteiger partial charge in [0.1, 0.15) is 0 Å². The van der Waals surface area contributed by atoms with Crippen LogP contribution < -0.4 is 9.80 Å². The van der Waals surface area contributed by atoms with Gasteiger partial charge >= 0.3 is 0 Å². The monoisotopic (exact) mass is 766 g/mol. The molecule has 1 aliphatic heterocycles. The van der Waals surface area contributed by atoms with Crippen LogP contribution in [0.5, 0.6) is 0 Å². The fourth-order valence-corrected chi connectivity index (χ4v) is 10.8. The van der Waals surface area contributed by atoms with Gasteiger partial charge in [-0.15, -0.1) is 0 Å². The maximum absolute atomic E-state index is 2.49. The van der Waals surface area contributed by atoms with E-state index in [9.17, 15) is 0 Å². The van der Waals surface area contributed by atoms with Gasteiger partial charge in [-0.2, -0.15) is 0 Å². The number of fused-ring (bicyclic) bond motifs is 12. The summed E-state index contributed by atoms with van der Waals surface area (Å²) in [6.07, 6.45) is 0. The summed E-state index contributed by atoms with van der Waals surface area (Å²) in [4.78, 5) is 4.91. The second-order valence-electron chi connectivity index (χ2n) is 16.9. The Bertz CT molecular complexity index is 3080. The average molecular weight is 767 g/mol. The Morgan fingerprint density at radius 1 is 0.333 bits per heavy atom. The van der Waals surface area contributed by atoms with Crippen molar-refractivity contribution >= 4 is 34.1 Å². The SMILES string of the molecule is CC1(C)c2cc(-c3ccccc3)ccc2-c2ccc(N(c3ccccc3)c3ccc4c(c3)C3(c5ccccc5-4)c4ccccc4N(c4ccccc4)c4ccccc43)cc21. The van der Waals surface area contributed by atoms with Crippen molar-refractivity contribution in [1.82, 2.24) is 0 Å². The summed E-state index contributed by atoms with van der Waals surface area (Å²) in [5, 5.41) is 0. The Hall–Kier alpha value is -7.42. The van der Waals surface area contributed by atoms with Crippen LogP contribution in [-0.4, -0.2) is 0 Å². The highest BCUT2D eigenvalue weighted by atomic mass is 15.2. The Balaban J connectivity index is 1.07. The first-order valence-corrected chi connectivity index (χ1v) is 21.0. The van der Waals surface area contributed by atoms with Crippen molar-refractivity contribution in [3.8, 4) is 33.4 Å². The molecule has 0 saturated carbocycles. The van der Waals surface area contributed by atoms with Crippen molar-refractivity contribution in [3.63, 3.8) is 0 Å². The van der Waals surface area contributed by atoms with Crippen molar-refractivity contribution < 1.29 is 0 Å². The van der Waals surface area contributed by atoms with Gasteiger partial charge in [-0.25, -0.2) is 0 Å². The largest absolute Gasteiger partial charge is 0.310 e. The van der Waals surface area contributed by atoms with Crippen LogP contribution in [0.3, 0.4) is 0 Å². The fraction of sp³-hybridized carbons (Fsp3) is 0.0690. The highest BCUT2D eigenvalue weighted by molar-refractivity contribution is 5.97. The molecule has 9 aromatic rings. The number of rotatable bonds is 5. The van der Waals surface area contributed by atoms with Crippen molar-refractivity contribution in [1.29, 1.82) is 0 Å². The van der Waals surface area contributed by atoms with Gasteiger partial charge in [-0.05, 0) is 133 Å². The molecule has 1 heterocycles. The molecule has 12 rings (SSSR count). The third-order valence-corrected chi connectivity index (χ3v) is 13.4. The summed E-state index contributed by atoms with van der Waals surface area (Å²) in [6.45, 7) is 4.77. The lowest BCUT2D eigenvalue weighted by Crippen LogP contribution is -2.36. The minimum Gasteiger partial charge on any atom is -0.310 e. The molecule has 0 unspecified atom stereocenters. The Labute approximate surface area is 352 Å². The molecule has 0 radical (unpaired) electrons. The van der Waals surface area contributed by atoms with Crippen LogP contribution >= 0.6 is 0 Å². The molecule has 0 N–H and O–H groups in total. The summed E-state index contributed by atoms with van der Waals surface area (Å²) < 4.78 is 0. The molecule has 0 amide bonds. The lowest BCUT2D eigenvalue weighted by molar-refractivity contribution is 0.660. The second-order valence-corrected chi connectivity index (χ2v) is 16.9. The maximum Gasteiger partial charge on any atom is 0.0755 e. The van der Waals surface area contributed by atoms with E-state index < -0.39 is 5.41 Å². The van der Waals surface area contributed by atoms with E-state index in [0.717, 1.165) is 22.7 Å². The van der Waals surface area contributed by atoms with Crippen LogP contribution in [0.4, 0.5) is 34.1 Å². The second kappa shape index (κ2) is 13.0. The summed E-state index contributed by atoms with van der Waals surface area (Å²) in [6, 6.07) is 81.0. The van der Waals surface area contributed by atoms with E-state index in [1.54, 1.807) is 0 Å². The molecule has 3 aliphatic rings. The number of anilines is 6. The Morgan fingerprint density at radius 2 is 0.800 bits per heavy atom. The molecule has 1 spiro atoms. The lowest BCUT2D eigenvalue weighted by Gasteiger charge is -2.45. The lowest BCUT2D eigenvalue weighted by atomic mass is 9.64. The molecule has 0 atom stereocenters. The standard InChI is InChI=1S/C58H42N2/c1-57(2)52-36-40(39-18-6-3-7-19-39)30-33-46(52)47-34-31-43(37-53(47)57)59(41-20-8-4-9-21-41)44-32-35-48-45-24-12-13-25-49(45)58(54(48)38-44)50-26-14-16-28-55(50)60(42-22-10-5-11-23-42)56-29-17-15-27-51(56)58/h3-38H,1-2H3. The first kappa shape index (κ1) is 34.6. The number of nitrogens with zero attached hydrogens (tertiary/aromatic N) is 2. The third kappa shape index (κ3) is 4.82. The molecule has 2 nitrogen and oxygen atoms in total. The minimum atomic E-state index is -0.541. The van der Waals surface area contributed by atoms with E-state index in [1.807, 2.05) is 0 Å². The highest BCUT2D eigenvalue weighted by Crippen LogP contribution is 2.64. The predicted octanol–water partition coefficient (Wildman–Crippen LogP) is 15.3. The molecule has 2 aliphatic carbocycles. The van der Waals surface area contributed by atoms with Crippen LogP contribution in [0.2, 0.25) is 0 Å². The summed E-state index contributed by atoms with van der Waals surface area (Å²) in [7, 11) is 0. The van der Waals surface area contributed by atoms with Crippen LogP contribution in [0.1, 0.15) is 47.2 Å². The van der Waals surface area contributed by atoms with E-state index in [1.165, 1.54) is 78.1 Å². The van der Waals surface area contributed by atoms with Crippen LogP contribution in [0, 0.1) is 0 Å². The first-order valence-electron chi connectivity index (χ1n) is 21.0. The van der Waals surface area contributed by atoms with Gasteiger partial charge in [-0.3, -0.25) is 0 Å². The molecule has 2 heteroatoms. The van der Waals surface area contributed by atoms with E-state index in [2.05, 4.69) is 242 Å². The van der Waals surface area contributed by atoms with Gasteiger partial charge in [0.05, 0.1) is 16.8 Å². The summed E-state index contributed by atoms with van der Waals surface area (Å²) in [5.74, 6) is 0. The van der Waals surface area contributed by atoms with E-state index in [-0.39, 0.29) is 5.41 Å². The summed E-state index contributed by atoms with van der Waals surface area (Å²) in [5.41, 5.74) is 21.9. The number of para-hydroxylation sites is 4. The third-order valence-electron chi connectivity index (χ3n) is 13.4. The van der Waals surface area contributed by atoms with Gasteiger partial charge in [0.2, 0.25) is 0 Å². The van der Waals surface area contributed by atoms with Gasteiger partial charge < -0.3 is 9.80 Å². The van der Waals surface area contributed by atoms with Crippen molar-refractivity contribution in [3.05, 3.63) is 252 Å². The van der Waals surface area contributed by atoms with Crippen molar-refractivity contribution in [2.75, 3.05) is 9.80 Å². The molecule has 0 fully saturated rings. The van der Waals surface area contributed by atoms with E-state index in [0.29, 0.717) is 0 Å². The zero-order chi connectivity index (χ0) is 40.0.